The zero-order valence-electron chi connectivity index (χ0n) is 11.5. The molecule has 3 heteroatoms. The molecule has 1 saturated carbocycles. The Balaban J connectivity index is 1.58. The van der Waals surface area contributed by atoms with Crippen molar-refractivity contribution in [2.75, 3.05) is 20.2 Å². The molecule has 0 N–H and O–H groups in total. The first-order valence-corrected chi connectivity index (χ1v) is 7.20. The molecule has 2 fully saturated rings. The molecular formula is C16H21NO2. The summed E-state index contributed by atoms with van der Waals surface area (Å²) in [5, 5.41) is 0. The zero-order chi connectivity index (χ0) is 13.2. The van der Waals surface area contributed by atoms with Crippen LogP contribution in [0.25, 0.3) is 0 Å². The number of methoxy groups -OCH3 is 1. The van der Waals surface area contributed by atoms with Crippen LogP contribution in [-0.4, -0.2) is 31.0 Å². The molecular weight excluding hydrogens is 238 g/mol. The topological polar surface area (TPSA) is 29.5 Å². The lowest BCUT2D eigenvalue weighted by molar-refractivity contribution is -0.133. The number of likely N-dealkylation sites (tertiary alicyclic amines) is 1. The summed E-state index contributed by atoms with van der Waals surface area (Å²) in [6, 6.07) is 8.36. The highest BCUT2D eigenvalue weighted by Crippen LogP contribution is 2.34. The fraction of sp³-hybridized carbons (Fsp3) is 0.562. The van der Waals surface area contributed by atoms with E-state index in [1.165, 1.54) is 5.56 Å². The molecule has 0 spiro atoms. The van der Waals surface area contributed by atoms with Gasteiger partial charge in [0.25, 0.3) is 0 Å². The van der Waals surface area contributed by atoms with Crippen molar-refractivity contribution in [2.45, 2.75) is 31.6 Å². The van der Waals surface area contributed by atoms with E-state index in [4.69, 9.17) is 4.74 Å². The highest BCUT2D eigenvalue weighted by atomic mass is 16.5. The smallest absolute Gasteiger partial charge is 0.225 e. The SMILES string of the molecule is COc1ccc(C2CCN(C(=O)C3CC3)CC2)cc1. The van der Waals surface area contributed by atoms with Crippen LogP contribution >= 0.6 is 0 Å². The molecule has 0 atom stereocenters. The monoisotopic (exact) mass is 259 g/mol. The maximum atomic E-state index is 12.0. The van der Waals surface area contributed by atoms with Gasteiger partial charge in [-0.15, -0.1) is 0 Å². The Kier molecular flexibility index (Phi) is 3.45. The first-order chi connectivity index (χ1) is 9.28. The van der Waals surface area contributed by atoms with Crippen LogP contribution in [0.2, 0.25) is 0 Å². The van der Waals surface area contributed by atoms with Crippen molar-refractivity contribution in [2.24, 2.45) is 5.92 Å². The van der Waals surface area contributed by atoms with Crippen molar-refractivity contribution in [3.05, 3.63) is 29.8 Å². The molecule has 0 bridgehead atoms. The highest BCUT2D eigenvalue weighted by molar-refractivity contribution is 5.81. The summed E-state index contributed by atoms with van der Waals surface area (Å²) in [6.07, 6.45) is 4.39. The summed E-state index contributed by atoms with van der Waals surface area (Å²) in [5.74, 6) is 2.25. The van der Waals surface area contributed by atoms with Crippen LogP contribution in [0.15, 0.2) is 24.3 Å². The summed E-state index contributed by atoms with van der Waals surface area (Å²) in [7, 11) is 1.69. The molecule has 19 heavy (non-hydrogen) atoms. The molecule has 1 aromatic carbocycles. The minimum Gasteiger partial charge on any atom is -0.497 e. The quantitative estimate of drug-likeness (QED) is 0.835. The van der Waals surface area contributed by atoms with Crippen molar-refractivity contribution in [3.63, 3.8) is 0 Å². The molecule has 0 aromatic heterocycles. The van der Waals surface area contributed by atoms with Gasteiger partial charge in [-0.2, -0.15) is 0 Å². The van der Waals surface area contributed by atoms with Crippen LogP contribution in [-0.2, 0) is 4.79 Å². The van der Waals surface area contributed by atoms with E-state index in [1.807, 2.05) is 12.1 Å². The highest BCUT2D eigenvalue weighted by Gasteiger charge is 2.34. The third-order valence-corrected chi connectivity index (χ3v) is 4.32. The summed E-state index contributed by atoms with van der Waals surface area (Å²) >= 11 is 0. The van der Waals surface area contributed by atoms with Gasteiger partial charge < -0.3 is 9.64 Å². The van der Waals surface area contributed by atoms with Crippen molar-refractivity contribution in [3.8, 4) is 5.75 Å². The Morgan fingerprint density at radius 3 is 2.26 bits per heavy atom. The van der Waals surface area contributed by atoms with E-state index in [2.05, 4.69) is 17.0 Å². The third kappa shape index (κ3) is 2.75. The Morgan fingerprint density at radius 2 is 1.74 bits per heavy atom. The molecule has 1 amide bonds. The molecule has 1 aliphatic heterocycles. The van der Waals surface area contributed by atoms with Gasteiger partial charge in [0.1, 0.15) is 5.75 Å². The zero-order valence-corrected chi connectivity index (χ0v) is 11.5. The van der Waals surface area contributed by atoms with Gasteiger partial charge in [0, 0.05) is 19.0 Å². The van der Waals surface area contributed by atoms with E-state index < -0.39 is 0 Å². The van der Waals surface area contributed by atoms with E-state index in [0.717, 1.165) is 44.5 Å². The number of hydrogen-bond acceptors (Lipinski definition) is 2. The maximum Gasteiger partial charge on any atom is 0.225 e. The number of nitrogens with zero attached hydrogens (tertiary/aromatic N) is 1. The van der Waals surface area contributed by atoms with Crippen molar-refractivity contribution in [1.29, 1.82) is 0 Å². The van der Waals surface area contributed by atoms with Crippen LogP contribution in [0.4, 0.5) is 0 Å². The Morgan fingerprint density at radius 1 is 1.11 bits per heavy atom. The maximum absolute atomic E-state index is 12.0. The van der Waals surface area contributed by atoms with Crippen LogP contribution in [0.5, 0.6) is 5.75 Å². The van der Waals surface area contributed by atoms with E-state index in [0.29, 0.717) is 17.7 Å². The van der Waals surface area contributed by atoms with E-state index >= 15 is 0 Å². The molecule has 3 rings (SSSR count). The summed E-state index contributed by atoms with van der Waals surface area (Å²) in [5.41, 5.74) is 1.37. The van der Waals surface area contributed by atoms with Gasteiger partial charge in [0.05, 0.1) is 7.11 Å². The first kappa shape index (κ1) is 12.5. The van der Waals surface area contributed by atoms with E-state index in [9.17, 15) is 4.79 Å². The minimum absolute atomic E-state index is 0.359. The number of carbonyl (C=O) groups excluding carboxylic acids is 1. The number of amides is 1. The second kappa shape index (κ2) is 5.24. The molecule has 2 aliphatic rings. The molecule has 3 nitrogen and oxygen atoms in total. The number of ether oxygens (including phenoxy) is 1. The average molecular weight is 259 g/mol. The second-order valence-corrected chi connectivity index (χ2v) is 5.65. The van der Waals surface area contributed by atoms with Crippen LogP contribution in [0.3, 0.4) is 0 Å². The van der Waals surface area contributed by atoms with Crippen LogP contribution in [0, 0.1) is 5.92 Å². The lowest BCUT2D eigenvalue weighted by Gasteiger charge is -2.32. The third-order valence-electron chi connectivity index (χ3n) is 4.32. The largest absolute Gasteiger partial charge is 0.497 e. The lowest BCUT2D eigenvalue weighted by atomic mass is 9.89. The Hall–Kier alpha value is -1.51. The van der Waals surface area contributed by atoms with Gasteiger partial charge in [-0.25, -0.2) is 0 Å². The normalized spacial score (nSPS) is 20.4. The second-order valence-electron chi connectivity index (χ2n) is 5.65. The first-order valence-electron chi connectivity index (χ1n) is 7.20. The predicted molar refractivity (Wildman–Crippen MR) is 74.3 cm³/mol. The number of benzene rings is 1. The number of piperidine rings is 1. The molecule has 1 aliphatic carbocycles. The number of carbonyl (C=O) groups is 1. The lowest BCUT2D eigenvalue weighted by Crippen LogP contribution is -2.38. The Bertz CT molecular complexity index is 442. The van der Waals surface area contributed by atoms with Gasteiger partial charge in [-0.1, -0.05) is 12.1 Å². The number of hydrogen-bond donors (Lipinski definition) is 0. The molecule has 102 valence electrons. The van der Waals surface area contributed by atoms with Crippen LogP contribution < -0.4 is 4.74 Å². The molecule has 1 saturated heterocycles. The molecule has 0 unspecified atom stereocenters. The fourth-order valence-electron chi connectivity index (χ4n) is 2.90. The summed E-state index contributed by atoms with van der Waals surface area (Å²) in [4.78, 5) is 14.1. The Labute approximate surface area is 114 Å². The molecule has 1 aromatic rings. The average Bonchev–Trinajstić information content (AvgIpc) is 3.31. The van der Waals surface area contributed by atoms with Crippen molar-refractivity contribution < 1.29 is 9.53 Å². The van der Waals surface area contributed by atoms with Crippen LogP contribution in [0.1, 0.15) is 37.2 Å². The van der Waals surface area contributed by atoms with E-state index in [1.54, 1.807) is 7.11 Å². The van der Waals surface area contributed by atoms with Crippen molar-refractivity contribution >= 4 is 5.91 Å². The standard InChI is InChI=1S/C16H21NO2/c1-19-15-6-4-12(5-7-15)13-8-10-17(11-9-13)16(18)14-2-3-14/h4-7,13-14H,2-3,8-11H2,1H3. The summed E-state index contributed by atoms with van der Waals surface area (Å²) in [6.45, 7) is 1.85. The van der Waals surface area contributed by atoms with E-state index in [-0.39, 0.29) is 0 Å². The fourth-order valence-corrected chi connectivity index (χ4v) is 2.90. The van der Waals surface area contributed by atoms with Crippen molar-refractivity contribution in [1.82, 2.24) is 4.90 Å². The van der Waals surface area contributed by atoms with Gasteiger partial charge in [0.15, 0.2) is 0 Å². The molecule has 1 heterocycles. The van der Waals surface area contributed by atoms with Gasteiger partial charge in [-0.3, -0.25) is 4.79 Å². The number of rotatable bonds is 3. The van der Waals surface area contributed by atoms with Gasteiger partial charge in [0.2, 0.25) is 5.91 Å². The molecule has 0 radical (unpaired) electrons. The predicted octanol–water partition coefficient (Wildman–Crippen LogP) is 2.81. The van der Waals surface area contributed by atoms with Gasteiger partial charge >= 0.3 is 0 Å². The minimum atomic E-state index is 0.359. The van der Waals surface area contributed by atoms with Gasteiger partial charge in [-0.05, 0) is 49.3 Å². The summed E-state index contributed by atoms with van der Waals surface area (Å²) < 4.78 is 5.19.